The van der Waals surface area contributed by atoms with Gasteiger partial charge in [-0.15, -0.1) is 0 Å². The van der Waals surface area contributed by atoms with Gasteiger partial charge in [-0.1, -0.05) is 29.8 Å². The minimum atomic E-state index is 0.369. The van der Waals surface area contributed by atoms with Crippen LogP contribution in [0, 0.1) is 6.92 Å². The first kappa shape index (κ1) is 12.5. The summed E-state index contributed by atoms with van der Waals surface area (Å²) in [6, 6.07) is 10.4. The quantitative estimate of drug-likeness (QED) is 0.840. The smallest absolute Gasteiger partial charge is 0.144 e. The number of rotatable bonds is 5. The van der Waals surface area contributed by atoms with Crippen molar-refractivity contribution in [1.29, 1.82) is 0 Å². The molecule has 0 saturated heterocycles. The van der Waals surface area contributed by atoms with Gasteiger partial charge in [0.25, 0.3) is 0 Å². The molecular formula is C14H18N4. The maximum Gasteiger partial charge on any atom is 0.144 e. The van der Waals surface area contributed by atoms with Gasteiger partial charge in [-0.2, -0.15) is 0 Å². The molecule has 4 heteroatoms. The molecule has 0 saturated carbocycles. The first-order valence-electron chi connectivity index (χ1n) is 6.09. The fourth-order valence-electron chi connectivity index (χ4n) is 1.69. The summed E-state index contributed by atoms with van der Waals surface area (Å²) in [5.74, 6) is 1.49. The molecule has 1 aromatic heterocycles. The highest BCUT2D eigenvalue weighted by Crippen LogP contribution is 2.05. The minimum absolute atomic E-state index is 0.369. The topological polar surface area (TPSA) is 63.8 Å². The van der Waals surface area contributed by atoms with E-state index in [9.17, 15) is 0 Å². The van der Waals surface area contributed by atoms with Crippen LogP contribution >= 0.6 is 0 Å². The average Bonchev–Trinajstić information content (AvgIpc) is 2.41. The molecule has 94 valence electrons. The lowest BCUT2D eigenvalue weighted by atomic mass is 10.1. The molecule has 2 rings (SSSR count). The van der Waals surface area contributed by atoms with E-state index in [1.807, 2.05) is 6.07 Å². The predicted octanol–water partition coefficient (Wildman–Crippen LogP) is 1.90. The third-order valence-corrected chi connectivity index (χ3v) is 2.73. The summed E-state index contributed by atoms with van der Waals surface area (Å²) in [5, 5.41) is 3.28. The monoisotopic (exact) mass is 242 g/mol. The lowest BCUT2D eigenvalue weighted by molar-refractivity contribution is 0.900. The maximum absolute atomic E-state index is 5.50. The van der Waals surface area contributed by atoms with Crippen LogP contribution in [0.25, 0.3) is 0 Å². The Balaban J connectivity index is 1.86. The number of anilines is 1. The van der Waals surface area contributed by atoms with Gasteiger partial charge in [0.05, 0.1) is 6.54 Å². The molecule has 0 aliphatic heterocycles. The van der Waals surface area contributed by atoms with Gasteiger partial charge in [-0.25, -0.2) is 9.97 Å². The lowest BCUT2D eigenvalue weighted by Gasteiger charge is -2.06. The number of nitrogens with two attached hydrogens (primary N) is 1. The van der Waals surface area contributed by atoms with E-state index in [2.05, 4.69) is 46.5 Å². The molecule has 0 aliphatic rings. The van der Waals surface area contributed by atoms with Gasteiger partial charge in [-0.3, -0.25) is 0 Å². The highest BCUT2D eigenvalue weighted by atomic mass is 15.0. The lowest BCUT2D eigenvalue weighted by Crippen LogP contribution is -2.09. The van der Waals surface area contributed by atoms with Crippen LogP contribution < -0.4 is 11.1 Å². The third kappa shape index (κ3) is 3.53. The number of nitrogens with one attached hydrogen (secondary N) is 1. The van der Waals surface area contributed by atoms with Crippen molar-refractivity contribution in [1.82, 2.24) is 9.97 Å². The molecule has 4 nitrogen and oxygen atoms in total. The van der Waals surface area contributed by atoms with E-state index in [4.69, 9.17) is 5.73 Å². The van der Waals surface area contributed by atoms with E-state index < -0.39 is 0 Å². The van der Waals surface area contributed by atoms with Gasteiger partial charge in [0, 0.05) is 12.7 Å². The highest BCUT2D eigenvalue weighted by molar-refractivity contribution is 5.33. The summed E-state index contributed by atoms with van der Waals surface area (Å²) < 4.78 is 0. The highest BCUT2D eigenvalue weighted by Gasteiger charge is 1.97. The third-order valence-electron chi connectivity index (χ3n) is 2.73. The molecule has 0 amide bonds. The van der Waals surface area contributed by atoms with Crippen molar-refractivity contribution >= 4 is 5.82 Å². The number of hydrogen-bond donors (Lipinski definition) is 2. The SMILES string of the molecule is Cc1ccc(CCNc2ccnc(CN)n2)cc1. The van der Waals surface area contributed by atoms with Crippen LogP contribution in [0.15, 0.2) is 36.5 Å². The van der Waals surface area contributed by atoms with E-state index >= 15 is 0 Å². The molecule has 0 unspecified atom stereocenters. The average molecular weight is 242 g/mol. The Hall–Kier alpha value is -1.94. The molecule has 0 atom stereocenters. The molecule has 1 aromatic carbocycles. The zero-order valence-corrected chi connectivity index (χ0v) is 10.6. The van der Waals surface area contributed by atoms with Crippen LogP contribution in [0.5, 0.6) is 0 Å². The Labute approximate surface area is 107 Å². The molecule has 0 fully saturated rings. The second-order valence-corrected chi connectivity index (χ2v) is 4.22. The van der Waals surface area contributed by atoms with Crippen LogP contribution in [0.2, 0.25) is 0 Å². The van der Waals surface area contributed by atoms with Crippen molar-refractivity contribution in [2.45, 2.75) is 19.9 Å². The van der Waals surface area contributed by atoms with E-state index in [1.54, 1.807) is 6.20 Å². The molecule has 2 aromatic rings. The van der Waals surface area contributed by atoms with Gasteiger partial charge in [0.15, 0.2) is 0 Å². The fourth-order valence-corrected chi connectivity index (χ4v) is 1.69. The molecule has 3 N–H and O–H groups in total. The summed E-state index contributed by atoms with van der Waals surface area (Å²) in [7, 11) is 0. The molecule has 0 aliphatic carbocycles. The normalized spacial score (nSPS) is 10.3. The zero-order valence-electron chi connectivity index (χ0n) is 10.6. The Morgan fingerprint density at radius 2 is 1.94 bits per heavy atom. The second kappa shape index (κ2) is 6.12. The van der Waals surface area contributed by atoms with Gasteiger partial charge >= 0.3 is 0 Å². The summed E-state index contributed by atoms with van der Waals surface area (Å²) >= 11 is 0. The first-order chi connectivity index (χ1) is 8.78. The van der Waals surface area contributed by atoms with Gasteiger partial charge in [0.1, 0.15) is 11.6 Å². The molecule has 18 heavy (non-hydrogen) atoms. The van der Waals surface area contributed by atoms with Crippen molar-refractivity contribution in [2.75, 3.05) is 11.9 Å². The molecule has 1 heterocycles. The van der Waals surface area contributed by atoms with Crippen LogP contribution in [0.4, 0.5) is 5.82 Å². The van der Waals surface area contributed by atoms with E-state index in [0.717, 1.165) is 18.8 Å². The van der Waals surface area contributed by atoms with Gasteiger partial charge < -0.3 is 11.1 Å². The zero-order chi connectivity index (χ0) is 12.8. The van der Waals surface area contributed by atoms with Crippen LogP contribution in [-0.4, -0.2) is 16.5 Å². The second-order valence-electron chi connectivity index (χ2n) is 4.22. The van der Waals surface area contributed by atoms with Crippen LogP contribution in [0.1, 0.15) is 17.0 Å². The first-order valence-corrected chi connectivity index (χ1v) is 6.09. The van der Waals surface area contributed by atoms with E-state index in [0.29, 0.717) is 12.4 Å². The number of hydrogen-bond acceptors (Lipinski definition) is 4. The Bertz CT molecular complexity index is 493. The van der Waals surface area contributed by atoms with Crippen molar-refractivity contribution < 1.29 is 0 Å². The van der Waals surface area contributed by atoms with Crippen molar-refractivity contribution in [3.63, 3.8) is 0 Å². The number of aryl methyl sites for hydroxylation is 1. The molecule has 0 spiro atoms. The Kier molecular flexibility index (Phi) is 4.25. The summed E-state index contributed by atoms with van der Waals surface area (Å²) in [5.41, 5.74) is 8.11. The standard InChI is InChI=1S/C14H18N4/c1-11-2-4-12(5-3-11)6-8-16-13-7-9-17-14(10-15)18-13/h2-5,7,9H,6,8,10,15H2,1H3,(H,16,17,18). The number of aromatic nitrogens is 2. The number of nitrogens with zero attached hydrogens (tertiary/aromatic N) is 2. The van der Waals surface area contributed by atoms with Crippen LogP contribution in [0.3, 0.4) is 0 Å². The predicted molar refractivity (Wildman–Crippen MR) is 73.3 cm³/mol. The molecular weight excluding hydrogens is 224 g/mol. The fraction of sp³-hybridized carbons (Fsp3) is 0.286. The van der Waals surface area contributed by atoms with Crippen LogP contribution in [-0.2, 0) is 13.0 Å². The van der Waals surface area contributed by atoms with Crippen molar-refractivity contribution in [3.8, 4) is 0 Å². The van der Waals surface area contributed by atoms with E-state index in [-0.39, 0.29) is 0 Å². The van der Waals surface area contributed by atoms with Crippen molar-refractivity contribution in [2.24, 2.45) is 5.73 Å². The van der Waals surface area contributed by atoms with Crippen molar-refractivity contribution in [3.05, 3.63) is 53.5 Å². The van der Waals surface area contributed by atoms with Gasteiger partial charge in [0.2, 0.25) is 0 Å². The summed E-state index contributed by atoms with van der Waals surface area (Å²) in [6.45, 7) is 3.31. The Morgan fingerprint density at radius 1 is 1.17 bits per heavy atom. The largest absolute Gasteiger partial charge is 0.370 e. The minimum Gasteiger partial charge on any atom is -0.370 e. The van der Waals surface area contributed by atoms with E-state index in [1.165, 1.54) is 11.1 Å². The Morgan fingerprint density at radius 3 is 2.67 bits per heavy atom. The molecule has 0 radical (unpaired) electrons. The molecule has 0 bridgehead atoms. The maximum atomic E-state index is 5.50. The van der Waals surface area contributed by atoms with Gasteiger partial charge in [-0.05, 0) is 25.0 Å². The summed E-state index contributed by atoms with van der Waals surface area (Å²) in [4.78, 5) is 8.35. The summed E-state index contributed by atoms with van der Waals surface area (Å²) in [6.07, 6.45) is 2.70. The number of benzene rings is 1.